The van der Waals surface area contributed by atoms with Crippen molar-refractivity contribution in [1.82, 2.24) is 9.80 Å². The van der Waals surface area contributed by atoms with E-state index in [2.05, 4.69) is 11.2 Å². The van der Waals surface area contributed by atoms with Crippen molar-refractivity contribution in [2.75, 3.05) is 32.5 Å². The fourth-order valence-electron chi connectivity index (χ4n) is 2.61. The maximum Gasteiger partial charge on any atom is 0.253 e. The number of amides is 2. The Morgan fingerprint density at radius 2 is 1.67 bits per heavy atom. The first-order chi connectivity index (χ1) is 12.9. The number of benzene rings is 2. The Bertz CT molecular complexity index is 818. The highest BCUT2D eigenvalue weighted by Gasteiger charge is 2.12. The maximum atomic E-state index is 12.4. The Morgan fingerprint density at radius 1 is 1.04 bits per heavy atom. The molecule has 140 valence electrons. The van der Waals surface area contributed by atoms with Gasteiger partial charge < -0.3 is 10.2 Å². The lowest BCUT2D eigenvalue weighted by Gasteiger charge is -2.19. The van der Waals surface area contributed by atoms with Gasteiger partial charge in [0, 0.05) is 31.9 Å². The van der Waals surface area contributed by atoms with E-state index in [0.29, 0.717) is 24.3 Å². The predicted molar refractivity (Wildman–Crippen MR) is 108 cm³/mol. The minimum Gasteiger partial charge on any atom is -0.345 e. The van der Waals surface area contributed by atoms with Crippen molar-refractivity contribution in [3.05, 3.63) is 65.2 Å². The van der Waals surface area contributed by atoms with Crippen molar-refractivity contribution < 1.29 is 9.59 Å². The van der Waals surface area contributed by atoms with Gasteiger partial charge in [-0.2, -0.15) is 0 Å². The van der Waals surface area contributed by atoms with Crippen LogP contribution in [-0.4, -0.2) is 48.8 Å². The van der Waals surface area contributed by atoms with Crippen molar-refractivity contribution in [3.8, 4) is 12.3 Å². The third-order valence-corrected chi connectivity index (χ3v) is 4.03. The van der Waals surface area contributed by atoms with Gasteiger partial charge in [-0.25, -0.2) is 0 Å². The van der Waals surface area contributed by atoms with Gasteiger partial charge in [0.1, 0.15) is 0 Å². The number of hydrogen-bond acceptors (Lipinski definition) is 3. The summed E-state index contributed by atoms with van der Waals surface area (Å²) in [4.78, 5) is 27.7. The number of carbonyl (C=O) groups is 2. The van der Waals surface area contributed by atoms with E-state index in [9.17, 15) is 9.59 Å². The van der Waals surface area contributed by atoms with Crippen LogP contribution in [0.4, 0.5) is 5.69 Å². The Labute approximate surface area is 161 Å². The third-order valence-electron chi connectivity index (χ3n) is 4.03. The molecule has 2 aromatic rings. The Morgan fingerprint density at radius 3 is 2.22 bits per heavy atom. The van der Waals surface area contributed by atoms with Gasteiger partial charge in [-0.05, 0) is 36.8 Å². The molecule has 0 aliphatic heterocycles. The molecule has 0 fully saturated rings. The molecule has 0 aliphatic rings. The van der Waals surface area contributed by atoms with Crippen molar-refractivity contribution >= 4 is 17.5 Å². The van der Waals surface area contributed by atoms with E-state index in [-0.39, 0.29) is 18.4 Å². The van der Waals surface area contributed by atoms with E-state index in [1.807, 2.05) is 36.1 Å². The van der Waals surface area contributed by atoms with Crippen LogP contribution in [0.1, 0.15) is 21.5 Å². The molecule has 0 heterocycles. The monoisotopic (exact) mass is 363 g/mol. The molecule has 2 amide bonds. The van der Waals surface area contributed by atoms with Crippen molar-refractivity contribution in [2.24, 2.45) is 0 Å². The highest BCUT2D eigenvalue weighted by Crippen LogP contribution is 2.12. The van der Waals surface area contributed by atoms with Gasteiger partial charge in [-0.15, -0.1) is 6.42 Å². The zero-order chi connectivity index (χ0) is 19.8. The van der Waals surface area contributed by atoms with Crippen molar-refractivity contribution in [2.45, 2.75) is 13.5 Å². The fraction of sp³-hybridized carbons (Fsp3) is 0.273. The van der Waals surface area contributed by atoms with Crippen molar-refractivity contribution in [3.63, 3.8) is 0 Å². The molecule has 0 bridgehead atoms. The van der Waals surface area contributed by atoms with E-state index in [1.54, 1.807) is 38.4 Å². The lowest BCUT2D eigenvalue weighted by molar-refractivity contribution is -0.117. The molecule has 0 spiro atoms. The predicted octanol–water partition coefficient (Wildman–Crippen LogP) is 2.77. The smallest absolute Gasteiger partial charge is 0.253 e. The minimum atomic E-state index is -0.149. The number of carbonyl (C=O) groups excluding carboxylic acids is 2. The van der Waals surface area contributed by atoms with Gasteiger partial charge in [0.05, 0.1) is 13.1 Å². The molecule has 2 rings (SSSR count). The number of rotatable bonds is 7. The average Bonchev–Trinajstić information content (AvgIpc) is 2.63. The molecule has 0 saturated heterocycles. The van der Waals surface area contributed by atoms with E-state index in [1.165, 1.54) is 10.5 Å². The first-order valence-electron chi connectivity index (χ1n) is 8.72. The van der Waals surface area contributed by atoms with Crippen LogP contribution in [0.15, 0.2) is 48.5 Å². The zero-order valence-electron chi connectivity index (χ0n) is 16.0. The molecule has 0 unspecified atom stereocenters. The largest absolute Gasteiger partial charge is 0.345 e. The molecule has 1 N–H and O–H groups in total. The lowest BCUT2D eigenvalue weighted by Crippen LogP contribution is -2.33. The molecular formula is C22H25N3O2. The quantitative estimate of drug-likeness (QED) is 0.770. The normalized spacial score (nSPS) is 10.3. The maximum absolute atomic E-state index is 12.4. The van der Waals surface area contributed by atoms with Crippen LogP contribution in [0.2, 0.25) is 0 Å². The second-order valence-corrected chi connectivity index (χ2v) is 6.66. The van der Waals surface area contributed by atoms with Crippen LogP contribution in [0.5, 0.6) is 0 Å². The van der Waals surface area contributed by atoms with Gasteiger partial charge in [-0.1, -0.05) is 35.7 Å². The first kappa shape index (κ1) is 20.2. The number of aryl methyl sites for hydroxylation is 1. The SMILES string of the molecule is C#CCN(CC(=O)Nc1ccc(C(=O)N(C)C)cc1)Cc1ccc(C)cc1. The van der Waals surface area contributed by atoms with Gasteiger partial charge >= 0.3 is 0 Å². The number of anilines is 1. The molecule has 5 heteroatoms. The second-order valence-electron chi connectivity index (χ2n) is 6.66. The summed E-state index contributed by atoms with van der Waals surface area (Å²) in [6.07, 6.45) is 5.45. The molecule has 0 atom stereocenters. The lowest BCUT2D eigenvalue weighted by atomic mass is 10.1. The van der Waals surface area contributed by atoms with Gasteiger partial charge in [-0.3, -0.25) is 14.5 Å². The highest BCUT2D eigenvalue weighted by atomic mass is 16.2. The number of nitrogens with one attached hydrogen (secondary N) is 1. The summed E-state index contributed by atoms with van der Waals surface area (Å²) in [6, 6.07) is 15.0. The molecule has 27 heavy (non-hydrogen) atoms. The molecule has 2 aromatic carbocycles. The minimum absolute atomic E-state index is 0.0776. The zero-order valence-corrected chi connectivity index (χ0v) is 16.0. The summed E-state index contributed by atoms with van der Waals surface area (Å²) < 4.78 is 0. The molecule has 0 saturated carbocycles. The Balaban J connectivity index is 1.96. The summed E-state index contributed by atoms with van der Waals surface area (Å²) >= 11 is 0. The Hall–Kier alpha value is -3.10. The van der Waals surface area contributed by atoms with Gasteiger partial charge in [0.25, 0.3) is 5.91 Å². The Kier molecular flexibility index (Phi) is 7.16. The van der Waals surface area contributed by atoms with Crippen LogP contribution in [0, 0.1) is 19.3 Å². The number of nitrogens with zero attached hydrogens (tertiary/aromatic N) is 2. The van der Waals surface area contributed by atoms with E-state index >= 15 is 0 Å². The summed E-state index contributed by atoms with van der Waals surface area (Å²) in [6.45, 7) is 3.22. The highest BCUT2D eigenvalue weighted by molar-refractivity contribution is 5.96. The van der Waals surface area contributed by atoms with Gasteiger partial charge in [0.2, 0.25) is 5.91 Å². The van der Waals surface area contributed by atoms with Crippen LogP contribution >= 0.6 is 0 Å². The summed E-state index contributed by atoms with van der Waals surface area (Å²) in [5.74, 6) is 2.38. The van der Waals surface area contributed by atoms with E-state index in [0.717, 1.165) is 5.56 Å². The van der Waals surface area contributed by atoms with Crippen LogP contribution in [-0.2, 0) is 11.3 Å². The summed E-state index contributed by atoms with van der Waals surface area (Å²) in [5.41, 5.74) is 3.52. The first-order valence-corrected chi connectivity index (χ1v) is 8.72. The molecular weight excluding hydrogens is 338 g/mol. The molecule has 5 nitrogen and oxygen atoms in total. The summed E-state index contributed by atoms with van der Waals surface area (Å²) in [5, 5.41) is 2.85. The van der Waals surface area contributed by atoms with Crippen LogP contribution in [0.3, 0.4) is 0 Å². The van der Waals surface area contributed by atoms with Crippen LogP contribution in [0.25, 0.3) is 0 Å². The number of terminal acetylenes is 1. The molecule has 0 aromatic heterocycles. The average molecular weight is 363 g/mol. The fourth-order valence-corrected chi connectivity index (χ4v) is 2.61. The molecule has 0 radical (unpaired) electrons. The van der Waals surface area contributed by atoms with E-state index in [4.69, 9.17) is 6.42 Å². The summed E-state index contributed by atoms with van der Waals surface area (Å²) in [7, 11) is 3.40. The standard InChI is InChI=1S/C22H25N3O2/c1-5-14-25(15-18-8-6-17(2)7-9-18)16-21(26)23-20-12-10-19(11-13-20)22(27)24(3)4/h1,6-13H,14-16H2,2-4H3,(H,23,26). The molecule has 0 aliphatic carbocycles. The second kappa shape index (κ2) is 9.56. The van der Waals surface area contributed by atoms with E-state index < -0.39 is 0 Å². The topological polar surface area (TPSA) is 52.7 Å². The number of hydrogen-bond donors (Lipinski definition) is 1. The van der Waals surface area contributed by atoms with Crippen LogP contribution < -0.4 is 5.32 Å². The van der Waals surface area contributed by atoms with Crippen molar-refractivity contribution in [1.29, 1.82) is 0 Å². The van der Waals surface area contributed by atoms with Gasteiger partial charge in [0.15, 0.2) is 0 Å². The third kappa shape index (κ3) is 6.28.